The second-order valence-corrected chi connectivity index (χ2v) is 8.32. The molecule has 1 unspecified atom stereocenters. The molecule has 34 heavy (non-hydrogen) atoms. The Balaban J connectivity index is 1.80. The predicted molar refractivity (Wildman–Crippen MR) is 132 cm³/mol. The Kier molecular flexibility index (Phi) is 7.22. The van der Waals surface area contributed by atoms with Gasteiger partial charge in [-0.3, -0.25) is 9.59 Å². The topological polar surface area (TPSA) is 72.2 Å². The van der Waals surface area contributed by atoms with Gasteiger partial charge in [-0.05, 0) is 62.8 Å². The third kappa shape index (κ3) is 4.40. The molecule has 0 radical (unpaired) electrons. The molecule has 0 N–H and O–H groups in total. The Morgan fingerprint density at radius 3 is 2.53 bits per heavy atom. The molecule has 4 rings (SSSR count). The fourth-order valence-electron chi connectivity index (χ4n) is 4.65. The minimum absolute atomic E-state index is 0.113. The van der Waals surface area contributed by atoms with Gasteiger partial charge >= 0.3 is 0 Å². The van der Waals surface area contributed by atoms with Crippen LogP contribution in [0.2, 0.25) is 0 Å². The summed E-state index contributed by atoms with van der Waals surface area (Å²) in [5, 5.41) is 0.438. The Hall–Kier alpha value is -3.32. The fraction of sp³-hybridized carbons (Fsp3) is 0.407. The van der Waals surface area contributed by atoms with Crippen molar-refractivity contribution in [1.82, 2.24) is 9.80 Å². The van der Waals surface area contributed by atoms with E-state index in [0.29, 0.717) is 41.2 Å². The summed E-state index contributed by atoms with van der Waals surface area (Å²) in [6.45, 7) is 9.95. The van der Waals surface area contributed by atoms with E-state index in [9.17, 15) is 9.59 Å². The first-order valence-corrected chi connectivity index (χ1v) is 11.9. The summed E-state index contributed by atoms with van der Waals surface area (Å²) < 4.78 is 17.1. The van der Waals surface area contributed by atoms with Gasteiger partial charge in [0.2, 0.25) is 5.76 Å². The number of hydrogen-bond acceptors (Lipinski definition) is 6. The summed E-state index contributed by atoms with van der Waals surface area (Å²) in [7, 11) is 1.60. The van der Waals surface area contributed by atoms with E-state index in [2.05, 4.69) is 18.7 Å². The van der Waals surface area contributed by atoms with E-state index in [-0.39, 0.29) is 17.1 Å². The molecule has 1 aromatic heterocycles. The molecule has 2 heterocycles. The lowest BCUT2D eigenvalue weighted by Gasteiger charge is -2.27. The number of methoxy groups -OCH3 is 1. The molecule has 1 amide bonds. The van der Waals surface area contributed by atoms with Crippen LogP contribution in [0, 0.1) is 0 Å². The molecule has 1 atom stereocenters. The number of hydrogen-bond donors (Lipinski definition) is 0. The van der Waals surface area contributed by atoms with Gasteiger partial charge in [0.15, 0.2) is 5.43 Å². The SMILES string of the molecule is CCOc1ccc2c(=O)c3c(oc2c1)C(=O)N(CCCN(CC)CC)C3c1cccc(OC)c1. The predicted octanol–water partition coefficient (Wildman–Crippen LogP) is 4.48. The Morgan fingerprint density at radius 2 is 1.82 bits per heavy atom. The zero-order valence-electron chi connectivity index (χ0n) is 20.3. The summed E-state index contributed by atoms with van der Waals surface area (Å²) in [6, 6.07) is 12.2. The smallest absolute Gasteiger partial charge is 0.290 e. The second kappa shape index (κ2) is 10.3. The molecule has 0 saturated carbocycles. The zero-order valence-corrected chi connectivity index (χ0v) is 20.3. The molecular weight excluding hydrogens is 432 g/mol. The fourth-order valence-corrected chi connectivity index (χ4v) is 4.65. The van der Waals surface area contributed by atoms with Crippen molar-refractivity contribution >= 4 is 16.9 Å². The third-order valence-electron chi connectivity index (χ3n) is 6.43. The van der Waals surface area contributed by atoms with Gasteiger partial charge in [0.1, 0.15) is 17.1 Å². The van der Waals surface area contributed by atoms with Gasteiger partial charge < -0.3 is 23.7 Å². The quantitative estimate of drug-likeness (QED) is 0.441. The third-order valence-corrected chi connectivity index (χ3v) is 6.43. The molecule has 7 nitrogen and oxygen atoms in total. The number of fused-ring (bicyclic) bond motifs is 2. The number of carbonyl (C=O) groups is 1. The maximum Gasteiger partial charge on any atom is 0.290 e. The van der Waals surface area contributed by atoms with Gasteiger partial charge in [-0.15, -0.1) is 0 Å². The zero-order chi connectivity index (χ0) is 24.2. The van der Waals surface area contributed by atoms with Gasteiger partial charge in [-0.1, -0.05) is 26.0 Å². The van der Waals surface area contributed by atoms with Gasteiger partial charge in [0.05, 0.1) is 30.7 Å². The highest BCUT2D eigenvalue weighted by molar-refractivity contribution is 5.99. The Bertz CT molecular complexity index is 1230. The van der Waals surface area contributed by atoms with E-state index in [1.807, 2.05) is 31.2 Å². The van der Waals surface area contributed by atoms with E-state index in [1.165, 1.54) is 0 Å². The molecule has 0 bridgehead atoms. The summed E-state index contributed by atoms with van der Waals surface area (Å²) in [5.41, 5.74) is 1.38. The van der Waals surface area contributed by atoms with E-state index < -0.39 is 6.04 Å². The minimum atomic E-state index is -0.526. The van der Waals surface area contributed by atoms with Crippen molar-refractivity contribution in [2.45, 2.75) is 33.2 Å². The highest BCUT2D eigenvalue weighted by Gasteiger charge is 2.42. The molecule has 0 aliphatic carbocycles. The molecule has 7 heteroatoms. The van der Waals surface area contributed by atoms with Crippen LogP contribution in [-0.2, 0) is 0 Å². The lowest BCUT2D eigenvalue weighted by molar-refractivity contribution is 0.0720. The number of rotatable bonds is 10. The van der Waals surface area contributed by atoms with Crippen molar-refractivity contribution in [2.75, 3.05) is 39.9 Å². The molecule has 1 aliphatic rings. The maximum absolute atomic E-state index is 13.7. The van der Waals surface area contributed by atoms with Crippen LogP contribution in [0.3, 0.4) is 0 Å². The van der Waals surface area contributed by atoms with E-state index in [0.717, 1.165) is 31.6 Å². The lowest BCUT2D eigenvalue weighted by atomic mass is 9.98. The summed E-state index contributed by atoms with van der Waals surface area (Å²) in [4.78, 5) is 31.3. The second-order valence-electron chi connectivity index (χ2n) is 8.32. The van der Waals surface area contributed by atoms with Gasteiger partial charge in [-0.25, -0.2) is 0 Å². The number of carbonyl (C=O) groups excluding carboxylic acids is 1. The molecule has 0 spiro atoms. The van der Waals surface area contributed by atoms with E-state index in [4.69, 9.17) is 13.9 Å². The molecule has 0 fully saturated rings. The number of amides is 1. The van der Waals surface area contributed by atoms with Gasteiger partial charge in [-0.2, -0.15) is 0 Å². The Morgan fingerprint density at radius 1 is 1.03 bits per heavy atom. The van der Waals surface area contributed by atoms with Crippen molar-refractivity contribution < 1.29 is 18.7 Å². The van der Waals surface area contributed by atoms with Crippen molar-refractivity contribution in [2.24, 2.45) is 0 Å². The van der Waals surface area contributed by atoms with Crippen LogP contribution < -0.4 is 14.9 Å². The van der Waals surface area contributed by atoms with Crippen molar-refractivity contribution in [3.8, 4) is 11.5 Å². The first-order valence-electron chi connectivity index (χ1n) is 11.9. The molecule has 0 saturated heterocycles. The van der Waals surface area contributed by atoms with Crippen molar-refractivity contribution in [3.05, 3.63) is 69.6 Å². The molecular formula is C27H32N2O5. The summed E-state index contributed by atoms with van der Waals surface area (Å²) in [5.74, 6) is 1.13. The van der Waals surface area contributed by atoms with Crippen molar-refractivity contribution in [1.29, 1.82) is 0 Å². The maximum atomic E-state index is 13.7. The lowest BCUT2D eigenvalue weighted by Crippen LogP contribution is -2.33. The van der Waals surface area contributed by atoms with Crippen LogP contribution in [0.25, 0.3) is 11.0 Å². The summed E-state index contributed by atoms with van der Waals surface area (Å²) in [6.07, 6.45) is 0.796. The molecule has 1 aliphatic heterocycles. The summed E-state index contributed by atoms with van der Waals surface area (Å²) >= 11 is 0. The Labute approximate surface area is 199 Å². The molecule has 2 aromatic carbocycles. The highest BCUT2D eigenvalue weighted by atomic mass is 16.5. The first kappa shape index (κ1) is 23.8. The van der Waals surface area contributed by atoms with E-state index in [1.54, 1.807) is 30.2 Å². The monoisotopic (exact) mass is 464 g/mol. The van der Waals surface area contributed by atoms with Crippen LogP contribution in [0.5, 0.6) is 11.5 Å². The molecule has 3 aromatic rings. The van der Waals surface area contributed by atoms with Gasteiger partial charge in [0, 0.05) is 12.6 Å². The largest absolute Gasteiger partial charge is 0.497 e. The van der Waals surface area contributed by atoms with Crippen LogP contribution in [0.4, 0.5) is 0 Å². The van der Waals surface area contributed by atoms with Crippen LogP contribution >= 0.6 is 0 Å². The number of nitrogens with zero attached hydrogens (tertiary/aromatic N) is 2. The average molecular weight is 465 g/mol. The highest BCUT2D eigenvalue weighted by Crippen LogP contribution is 2.39. The normalized spacial score (nSPS) is 15.3. The number of ether oxygens (including phenoxy) is 2. The minimum Gasteiger partial charge on any atom is -0.497 e. The van der Waals surface area contributed by atoms with E-state index >= 15 is 0 Å². The standard InChI is InChI=1S/C27H32N2O5/c1-5-28(6-2)14-9-15-29-24(18-10-8-11-19(16-18)32-4)23-25(30)21-13-12-20(33-7-3)17-22(21)34-26(23)27(29)31/h8,10-13,16-17,24H,5-7,9,14-15H2,1-4H3. The van der Waals surface area contributed by atoms with Gasteiger partial charge in [0.25, 0.3) is 5.91 Å². The first-order chi connectivity index (χ1) is 16.5. The van der Waals surface area contributed by atoms with Crippen LogP contribution in [0.15, 0.2) is 51.7 Å². The average Bonchev–Trinajstić information content (AvgIpc) is 3.13. The van der Waals surface area contributed by atoms with Crippen molar-refractivity contribution in [3.63, 3.8) is 0 Å². The molecule has 180 valence electrons. The van der Waals surface area contributed by atoms with Crippen LogP contribution in [0.1, 0.15) is 54.9 Å². The van der Waals surface area contributed by atoms with Crippen LogP contribution in [-0.4, -0.2) is 55.6 Å². The number of benzene rings is 2.